The molecule has 7 nitrogen and oxygen atoms in total. The lowest BCUT2D eigenvalue weighted by Crippen LogP contribution is -2.22. The van der Waals surface area contributed by atoms with E-state index in [2.05, 4.69) is 10.4 Å². The normalized spacial score (nSPS) is 16.7. The van der Waals surface area contributed by atoms with Crippen LogP contribution in [0.25, 0.3) is 6.20 Å². The van der Waals surface area contributed by atoms with Gasteiger partial charge in [0.25, 0.3) is 0 Å². The fourth-order valence-corrected chi connectivity index (χ4v) is 1.14. The molecule has 0 amide bonds. The van der Waals surface area contributed by atoms with Gasteiger partial charge >= 0.3 is 11.7 Å². The summed E-state index contributed by atoms with van der Waals surface area (Å²) in [5, 5.41) is 15.9. The van der Waals surface area contributed by atoms with E-state index in [1.54, 1.807) is 0 Å². The molecule has 1 N–H and O–H groups in total. The van der Waals surface area contributed by atoms with Crippen LogP contribution in [0.1, 0.15) is 25.8 Å². The minimum atomic E-state index is -1.08. The zero-order chi connectivity index (χ0) is 11.0. The van der Waals surface area contributed by atoms with E-state index in [9.17, 15) is 9.59 Å². The molecule has 0 radical (unpaired) electrons. The van der Waals surface area contributed by atoms with Crippen molar-refractivity contribution in [1.29, 1.82) is 0 Å². The van der Waals surface area contributed by atoms with Crippen molar-refractivity contribution in [3.8, 4) is 0 Å². The van der Waals surface area contributed by atoms with Crippen LogP contribution in [0.15, 0.2) is 10.4 Å². The van der Waals surface area contributed by atoms with Gasteiger partial charge in [0.1, 0.15) is 0 Å². The van der Waals surface area contributed by atoms with Crippen molar-refractivity contribution in [2.45, 2.75) is 25.8 Å². The Morgan fingerprint density at radius 1 is 1.53 bits per heavy atom. The van der Waals surface area contributed by atoms with Gasteiger partial charge in [-0.25, -0.2) is 9.59 Å². The first kappa shape index (κ1) is 9.63. The molecule has 0 aliphatic heterocycles. The first-order valence-electron chi connectivity index (χ1n) is 4.55. The third-order valence-electron chi connectivity index (χ3n) is 2.17. The van der Waals surface area contributed by atoms with Crippen LogP contribution in [0.2, 0.25) is 0 Å². The number of carboxylic acid groups (broad SMARTS) is 1. The Hall–Kier alpha value is -1.92. The summed E-state index contributed by atoms with van der Waals surface area (Å²) in [6.45, 7) is 1.39. The van der Waals surface area contributed by atoms with Gasteiger partial charge in [-0.2, -0.15) is 9.36 Å². The summed E-state index contributed by atoms with van der Waals surface area (Å²) in [6, 6.07) is 0.143. The average molecular weight is 210 g/mol. The van der Waals surface area contributed by atoms with Gasteiger partial charge in [-0.05, 0) is 30.2 Å². The van der Waals surface area contributed by atoms with Crippen LogP contribution >= 0.6 is 0 Å². The second-order valence-corrected chi connectivity index (χ2v) is 3.50. The molecular formula is C8H10N4O3. The maximum atomic E-state index is 11.6. The molecule has 0 spiro atoms. The minimum Gasteiger partial charge on any atom is -0.478 e. The van der Waals surface area contributed by atoms with Gasteiger partial charge in [-0.1, -0.05) is 0 Å². The lowest BCUT2D eigenvalue weighted by Gasteiger charge is -1.91. The zero-order valence-electron chi connectivity index (χ0n) is 8.12. The third kappa shape index (κ3) is 1.80. The molecule has 2 rings (SSSR count). The summed E-state index contributed by atoms with van der Waals surface area (Å²) < 4.78 is 2.23. The SMILES string of the molecule is CC(=Cn1nnn(C2CC2)c1=O)C(=O)O. The summed E-state index contributed by atoms with van der Waals surface area (Å²) in [5.41, 5.74) is -0.349. The van der Waals surface area contributed by atoms with E-state index in [0.29, 0.717) is 0 Å². The highest BCUT2D eigenvalue weighted by Crippen LogP contribution is 2.32. The standard InChI is InChI=1S/C8H10N4O3/c1-5(7(13)14)4-11-8(15)12(10-9-11)6-2-3-6/h4,6H,2-3H2,1H3,(H,13,14). The number of carboxylic acids is 1. The molecule has 0 unspecified atom stereocenters. The van der Waals surface area contributed by atoms with Crippen LogP contribution < -0.4 is 5.69 Å². The molecule has 0 aromatic carbocycles. The predicted octanol–water partition coefficient (Wildman–Crippen LogP) is -0.280. The molecule has 0 saturated heterocycles. The largest absolute Gasteiger partial charge is 0.478 e. The predicted molar refractivity (Wildman–Crippen MR) is 50.1 cm³/mol. The topological polar surface area (TPSA) is 90.0 Å². The zero-order valence-corrected chi connectivity index (χ0v) is 8.12. The van der Waals surface area contributed by atoms with Crippen molar-refractivity contribution in [3.05, 3.63) is 16.1 Å². The van der Waals surface area contributed by atoms with E-state index < -0.39 is 11.7 Å². The number of hydrogen-bond acceptors (Lipinski definition) is 4. The number of carbonyl (C=O) groups is 1. The summed E-state index contributed by atoms with van der Waals surface area (Å²) in [7, 11) is 0. The maximum Gasteiger partial charge on any atom is 0.368 e. The molecule has 7 heteroatoms. The molecule has 80 valence electrons. The summed E-state index contributed by atoms with van der Waals surface area (Å²) in [4.78, 5) is 22.1. The highest BCUT2D eigenvalue weighted by molar-refractivity contribution is 5.89. The van der Waals surface area contributed by atoms with Gasteiger partial charge in [0, 0.05) is 6.20 Å². The summed E-state index contributed by atoms with van der Waals surface area (Å²) >= 11 is 0. The van der Waals surface area contributed by atoms with Crippen LogP contribution in [0.5, 0.6) is 0 Å². The van der Waals surface area contributed by atoms with E-state index >= 15 is 0 Å². The number of rotatable bonds is 3. The number of tetrazole rings is 1. The molecular weight excluding hydrogens is 200 g/mol. The average Bonchev–Trinajstić information content (AvgIpc) is 2.95. The van der Waals surface area contributed by atoms with Crippen LogP contribution in [-0.2, 0) is 4.79 Å². The molecule has 1 heterocycles. The highest BCUT2D eigenvalue weighted by atomic mass is 16.4. The first-order valence-corrected chi connectivity index (χ1v) is 4.55. The van der Waals surface area contributed by atoms with Crippen LogP contribution in [-0.4, -0.2) is 30.9 Å². The van der Waals surface area contributed by atoms with E-state index in [4.69, 9.17) is 5.11 Å². The quantitative estimate of drug-likeness (QED) is 0.693. The molecule has 1 aliphatic carbocycles. The molecule has 0 bridgehead atoms. The van der Waals surface area contributed by atoms with Gasteiger partial charge in [-0.3, -0.25) is 0 Å². The van der Waals surface area contributed by atoms with Gasteiger partial charge in [-0.15, -0.1) is 0 Å². The van der Waals surface area contributed by atoms with Gasteiger partial charge < -0.3 is 5.11 Å². The summed E-state index contributed by atoms with van der Waals surface area (Å²) in [6.07, 6.45) is 3.02. The molecule has 1 fully saturated rings. The third-order valence-corrected chi connectivity index (χ3v) is 2.17. The van der Waals surface area contributed by atoms with Crippen molar-refractivity contribution < 1.29 is 9.90 Å². The van der Waals surface area contributed by atoms with E-state index in [1.165, 1.54) is 11.6 Å². The number of aromatic nitrogens is 4. The molecule has 1 aliphatic rings. The molecule has 1 saturated carbocycles. The Bertz CT molecular complexity index is 480. The Labute approximate surface area is 84.6 Å². The van der Waals surface area contributed by atoms with Crippen molar-refractivity contribution in [3.63, 3.8) is 0 Å². The Kier molecular flexibility index (Phi) is 2.14. The van der Waals surface area contributed by atoms with Gasteiger partial charge in [0.15, 0.2) is 0 Å². The molecule has 1 aromatic heterocycles. The lowest BCUT2D eigenvalue weighted by atomic mass is 10.3. The smallest absolute Gasteiger partial charge is 0.368 e. The second-order valence-electron chi connectivity index (χ2n) is 3.50. The Morgan fingerprint density at radius 3 is 2.73 bits per heavy atom. The van der Waals surface area contributed by atoms with Crippen molar-refractivity contribution in [2.75, 3.05) is 0 Å². The number of nitrogens with zero attached hydrogens (tertiary/aromatic N) is 4. The summed E-state index contributed by atoms with van der Waals surface area (Å²) in [5.74, 6) is -1.08. The highest BCUT2D eigenvalue weighted by Gasteiger charge is 2.27. The fourth-order valence-electron chi connectivity index (χ4n) is 1.14. The van der Waals surface area contributed by atoms with Gasteiger partial charge in [0.2, 0.25) is 0 Å². The van der Waals surface area contributed by atoms with Crippen LogP contribution in [0.4, 0.5) is 0 Å². The maximum absolute atomic E-state index is 11.6. The van der Waals surface area contributed by atoms with E-state index in [1.807, 2.05) is 0 Å². The monoisotopic (exact) mass is 210 g/mol. The molecule has 0 atom stereocenters. The van der Waals surface area contributed by atoms with Crippen LogP contribution in [0.3, 0.4) is 0 Å². The van der Waals surface area contributed by atoms with E-state index in [-0.39, 0.29) is 11.6 Å². The van der Waals surface area contributed by atoms with Crippen molar-refractivity contribution in [2.24, 2.45) is 0 Å². The van der Waals surface area contributed by atoms with Crippen LogP contribution in [0, 0.1) is 0 Å². The van der Waals surface area contributed by atoms with Crippen molar-refractivity contribution in [1.82, 2.24) is 19.8 Å². The Balaban J connectivity index is 2.33. The first-order chi connectivity index (χ1) is 7.09. The fraction of sp³-hybridized carbons (Fsp3) is 0.500. The Morgan fingerprint density at radius 2 is 2.20 bits per heavy atom. The van der Waals surface area contributed by atoms with Crippen molar-refractivity contribution >= 4 is 12.2 Å². The minimum absolute atomic E-state index is 0.0416. The lowest BCUT2D eigenvalue weighted by molar-refractivity contribution is -0.132. The number of aliphatic carboxylic acids is 1. The number of hydrogen-bond donors (Lipinski definition) is 1. The van der Waals surface area contributed by atoms with E-state index in [0.717, 1.165) is 23.7 Å². The second kappa shape index (κ2) is 3.34. The molecule has 15 heavy (non-hydrogen) atoms. The molecule has 1 aromatic rings. The van der Waals surface area contributed by atoms with Gasteiger partial charge in [0.05, 0.1) is 11.6 Å².